The highest BCUT2D eigenvalue weighted by molar-refractivity contribution is 7.90. The van der Waals surface area contributed by atoms with Gasteiger partial charge < -0.3 is 44.6 Å². The summed E-state index contributed by atoms with van der Waals surface area (Å²) in [4.78, 5) is 63.4. The Morgan fingerprint density at radius 2 is 0.908 bits per heavy atom. The van der Waals surface area contributed by atoms with Gasteiger partial charge in [-0.15, -0.1) is 0 Å². The van der Waals surface area contributed by atoms with Crippen molar-refractivity contribution in [3.05, 3.63) is 151 Å². The lowest BCUT2D eigenvalue weighted by Crippen LogP contribution is -2.46. The molecule has 7 aliphatic rings. The summed E-state index contributed by atoms with van der Waals surface area (Å²) in [5.74, 6) is -1.83. The van der Waals surface area contributed by atoms with Gasteiger partial charge in [-0.3, -0.25) is 24.0 Å². The molecule has 4 heterocycles. The maximum atomic E-state index is 13.6. The third-order valence-electron chi connectivity index (χ3n) is 25.6. The van der Waals surface area contributed by atoms with Crippen molar-refractivity contribution < 1.29 is 55.8 Å². The van der Waals surface area contributed by atoms with Crippen molar-refractivity contribution >= 4 is 118 Å². The zero-order chi connectivity index (χ0) is 86.3. The SMILES string of the molecule is CC(C)(C)NS(=O)(=O)c1ccc(-c2c(Cl)c(C(=O)NC3CCOCC3)c(Cl)n2CC2CCCCC2)c2ccccc12.CC(C)(C)NS(=O)(=O)c1ccc(-c2cc(C(=O)NC3CC(C(=O)O)C3)c(Cl)n2CC2CCCCC2)c2ccccc12.Cc1c(C(=O)NC2CC(C(=O)O)C2)c(Cl)c(-c2cc(C(C)(C)C)cc(C3(C)CC3)c2)n1CC1CCCCC1. The molecule has 1 aliphatic heterocycles. The van der Waals surface area contributed by atoms with E-state index in [1.165, 1.54) is 81.8 Å². The van der Waals surface area contributed by atoms with Crippen LogP contribution in [-0.2, 0) is 64.8 Å². The Morgan fingerprint density at radius 3 is 1.38 bits per heavy atom. The first-order valence-electron chi connectivity index (χ1n) is 43.3. The predicted octanol–water partition coefficient (Wildman–Crippen LogP) is 21.0. The number of hydrogen-bond donors (Lipinski definition) is 7. The highest BCUT2D eigenvalue weighted by atomic mass is 35.5. The monoisotopic (exact) mass is 1760 g/mol. The van der Waals surface area contributed by atoms with Crippen LogP contribution in [0.4, 0.5) is 0 Å². The van der Waals surface area contributed by atoms with E-state index in [0.717, 1.165) is 102 Å². The molecule has 20 nitrogen and oxygen atoms in total. The predicted molar refractivity (Wildman–Crippen MR) is 479 cm³/mol. The topological polar surface area (TPSA) is 278 Å². The molecule has 0 atom stereocenters. The second kappa shape index (κ2) is 36.9. The lowest BCUT2D eigenvalue weighted by atomic mass is 9.80. The lowest BCUT2D eigenvalue weighted by molar-refractivity contribution is -0.146. The molecule has 648 valence electrons. The summed E-state index contributed by atoms with van der Waals surface area (Å²) >= 11 is 28.3. The maximum absolute atomic E-state index is 13.6. The van der Waals surface area contributed by atoms with Gasteiger partial charge in [0.1, 0.15) is 10.3 Å². The second-order valence-electron chi connectivity index (χ2n) is 38.4. The Kier molecular flexibility index (Phi) is 27.8. The fraction of sp³-hybridized carbons (Fsp3) is 0.543. The molecule has 5 aromatic carbocycles. The third-order valence-corrected chi connectivity index (χ3v) is 30.7. The van der Waals surface area contributed by atoms with Gasteiger partial charge in [0.05, 0.1) is 65.4 Å². The molecule has 1 saturated heterocycles. The van der Waals surface area contributed by atoms with Gasteiger partial charge >= 0.3 is 11.9 Å². The Bertz CT molecular complexity index is 5380. The molecule has 15 rings (SSSR count). The molecular formula is C94H120Cl4N8O12S2. The van der Waals surface area contributed by atoms with Crippen LogP contribution in [0.1, 0.15) is 265 Å². The fourth-order valence-electron chi connectivity index (χ4n) is 18.5. The summed E-state index contributed by atoms with van der Waals surface area (Å²) in [6, 6.07) is 30.0. The van der Waals surface area contributed by atoms with Crippen LogP contribution in [0.3, 0.4) is 0 Å². The normalized spacial score (nSPS) is 20.2. The van der Waals surface area contributed by atoms with Gasteiger partial charge in [-0.2, -0.15) is 0 Å². The van der Waals surface area contributed by atoms with Crippen molar-refractivity contribution in [2.75, 3.05) is 13.2 Å². The zero-order valence-electron chi connectivity index (χ0n) is 71.3. The summed E-state index contributed by atoms with van der Waals surface area (Å²) in [5.41, 5.74) is 8.59. The molecule has 26 heteroatoms. The molecule has 0 radical (unpaired) electrons. The average Bonchev–Trinajstić information content (AvgIpc) is 1.56. The van der Waals surface area contributed by atoms with Crippen molar-refractivity contribution in [3.8, 4) is 33.8 Å². The Hall–Kier alpha value is -7.25. The van der Waals surface area contributed by atoms with Crippen molar-refractivity contribution in [1.29, 1.82) is 0 Å². The number of carbonyl (C=O) groups is 5. The van der Waals surface area contributed by atoms with Crippen LogP contribution in [0, 0.1) is 36.5 Å². The van der Waals surface area contributed by atoms with Crippen molar-refractivity contribution in [2.45, 2.75) is 293 Å². The number of aliphatic carboxylic acids is 2. The van der Waals surface area contributed by atoms with Crippen LogP contribution in [-0.4, -0.2) is 113 Å². The number of carboxylic acids is 2. The number of sulfonamides is 2. The van der Waals surface area contributed by atoms with E-state index in [1.54, 1.807) is 63.2 Å². The highest BCUT2D eigenvalue weighted by Crippen LogP contribution is 2.51. The summed E-state index contributed by atoms with van der Waals surface area (Å²) in [6.45, 7) is 25.3. The number of nitrogens with one attached hydrogen (secondary N) is 5. The maximum Gasteiger partial charge on any atom is 0.306 e. The summed E-state index contributed by atoms with van der Waals surface area (Å²) in [6.07, 6.45) is 23.3. The van der Waals surface area contributed by atoms with Crippen molar-refractivity contribution in [3.63, 3.8) is 0 Å². The van der Waals surface area contributed by atoms with Gasteiger partial charge in [-0.05, 0) is 219 Å². The van der Waals surface area contributed by atoms with E-state index in [4.69, 9.17) is 51.1 Å². The summed E-state index contributed by atoms with van der Waals surface area (Å²) in [5, 5.41) is 31.7. The number of carboxylic acid groups (broad SMARTS) is 2. The smallest absolute Gasteiger partial charge is 0.306 e. The first-order chi connectivity index (χ1) is 56.7. The molecule has 8 aromatic rings. The summed E-state index contributed by atoms with van der Waals surface area (Å²) in [7, 11) is -7.61. The first-order valence-corrected chi connectivity index (χ1v) is 47.7. The van der Waals surface area contributed by atoms with Crippen molar-refractivity contribution in [2.24, 2.45) is 29.6 Å². The molecule has 3 amide bonds. The van der Waals surface area contributed by atoms with Gasteiger partial charge in [0.15, 0.2) is 0 Å². The van der Waals surface area contributed by atoms with Gasteiger partial charge in [-0.25, -0.2) is 26.3 Å². The van der Waals surface area contributed by atoms with Crippen LogP contribution >= 0.6 is 46.4 Å². The number of fused-ring (bicyclic) bond motifs is 2. The van der Waals surface area contributed by atoms with Crippen molar-refractivity contribution in [1.82, 2.24) is 39.1 Å². The van der Waals surface area contributed by atoms with E-state index < -0.39 is 49.0 Å². The number of aromatic nitrogens is 3. The Morgan fingerprint density at radius 1 is 0.483 bits per heavy atom. The lowest BCUT2D eigenvalue weighted by Gasteiger charge is -2.32. The minimum absolute atomic E-state index is 0.00540. The third kappa shape index (κ3) is 20.7. The van der Waals surface area contributed by atoms with Gasteiger partial charge in [-0.1, -0.05) is 199 Å². The minimum atomic E-state index is -3.81. The number of carbonyl (C=O) groups excluding carboxylic acids is 3. The molecule has 6 aliphatic carbocycles. The van der Waals surface area contributed by atoms with Gasteiger partial charge in [0.25, 0.3) is 17.7 Å². The first kappa shape index (κ1) is 90.5. The number of ether oxygens (including phenoxy) is 1. The molecule has 0 unspecified atom stereocenters. The zero-order valence-corrected chi connectivity index (χ0v) is 76.0. The van der Waals surface area contributed by atoms with Crippen LogP contribution in [0.5, 0.6) is 0 Å². The second-order valence-corrected chi connectivity index (χ2v) is 43.2. The molecule has 3 aromatic heterocycles. The number of rotatable bonds is 22. The minimum Gasteiger partial charge on any atom is -0.481 e. The van der Waals surface area contributed by atoms with Crippen LogP contribution < -0.4 is 25.4 Å². The number of nitrogens with zero attached hydrogens (tertiary/aromatic N) is 3. The average molecular weight is 1760 g/mol. The largest absolute Gasteiger partial charge is 0.481 e. The van der Waals surface area contributed by atoms with E-state index in [1.807, 2.05) is 73.2 Å². The molecule has 120 heavy (non-hydrogen) atoms. The van der Waals surface area contributed by atoms with E-state index in [0.29, 0.717) is 113 Å². The Balaban J connectivity index is 0.000000156. The molecule has 0 bridgehead atoms. The number of benzene rings is 5. The van der Waals surface area contributed by atoms with Gasteiger partial charge in [0, 0.05) is 95.2 Å². The number of amides is 3. The van der Waals surface area contributed by atoms with E-state index in [9.17, 15) is 51.0 Å². The van der Waals surface area contributed by atoms with Crippen LogP contribution in [0.25, 0.3) is 55.3 Å². The standard InChI is InChI=1S/C32H43ClN2O3.C31H39Cl2N3O4S.C31H38ClN3O5S/c1-19-26(29(36)34-25-15-22(16-25)30(37)38)27(33)28(35(19)18-20-9-7-6-8-10-20)21-13-23(31(2,3)4)17-24(14-21)32(5)11-12-32;1-31(2,3)35-41(38,39)25-14-13-24(22-11-7-8-12-23(22)25)28-27(32)26(30(37)34-21-15-17-40-18-16-21)29(33)36(28)19-20-9-5-4-6-10-20;1-31(2,3)34-41(39,40)27-14-13-23(22-11-7-8-12-24(22)27)26-17-25(29(36)33-21-15-20(16-21)30(37)38)28(32)35(26)18-19-9-5-4-6-10-19/h13-14,17,20,22,25H,6-12,15-16,18H2,1-5H3,(H,34,36)(H,37,38);7-8,11-14,20-21,35H,4-6,9-10,15-19H2,1-3H3,(H,34,37);7-8,11-14,17,19-21,34H,4-6,9-10,15-16,18H2,1-3H3,(H,33,36)(H,37,38). The van der Waals surface area contributed by atoms with E-state index in [-0.39, 0.29) is 73.0 Å². The highest BCUT2D eigenvalue weighted by Gasteiger charge is 2.43. The van der Waals surface area contributed by atoms with E-state index in [2.05, 4.69) is 75.9 Å². The number of halogens is 4. The fourth-order valence-corrected chi connectivity index (χ4v) is 23.3. The van der Waals surface area contributed by atoms with Crippen LogP contribution in [0.15, 0.2) is 107 Å². The molecular weight excluding hydrogens is 1640 g/mol. The molecule has 0 spiro atoms. The van der Waals surface area contributed by atoms with Gasteiger partial charge in [0.2, 0.25) is 20.0 Å². The Labute approximate surface area is 728 Å². The van der Waals surface area contributed by atoms with E-state index >= 15 is 0 Å². The molecule has 7 fully saturated rings. The van der Waals surface area contributed by atoms with Crippen LogP contribution in [0.2, 0.25) is 20.4 Å². The quantitative estimate of drug-likeness (QED) is 0.0334. The molecule has 6 saturated carbocycles. The molecule has 7 N–H and O–H groups in total. The summed E-state index contributed by atoms with van der Waals surface area (Å²) < 4.78 is 70.8. The number of hydrogen-bond acceptors (Lipinski definition) is 10.